The highest BCUT2D eigenvalue weighted by Gasteiger charge is 2.09. The smallest absolute Gasteiger partial charge is 0.243 e. The van der Waals surface area contributed by atoms with Gasteiger partial charge in [0.15, 0.2) is 5.13 Å². The number of hydrogen-bond acceptors (Lipinski definition) is 6. The lowest BCUT2D eigenvalue weighted by molar-refractivity contribution is -0.114. The molecule has 1 amide bonds. The van der Waals surface area contributed by atoms with E-state index in [-0.39, 0.29) is 12.5 Å². The monoisotopic (exact) mass is 476 g/mol. The van der Waals surface area contributed by atoms with Gasteiger partial charge in [0, 0.05) is 27.2 Å². The lowest BCUT2D eigenvalue weighted by atomic mass is 10.2. The van der Waals surface area contributed by atoms with E-state index < -0.39 is 0 Å². The van der Waals surface area contributed by atoms with Gasteiger partial charge in [0.25, 0.3) is 0 Å². The fourth-order valence-corrected chi connectivity index (χ4v) is 4.98. The summed E-state index contributed by atoms with van der Waals surface area (Å²) in [5.41, 5.74) is 4.59. The van der Waals surface area contributed by atoms with E-state index in [1.165, 1.54) is 11.3 Å². The molecular weight excluding hydrogens is 460 g/mol. The minimum atomic E-state index is -0.138. The maximum atomic E-state index is 12.4. The van der Waals surface area contributed by atoms with Crippen molar-refractivity contribution < 1.29 is 4.79 Å². The first-order chi connectivity index (χ1) is 15.6. The molecular formula is C24H17ClN4OS2. The van der Waals surface area contributed by atoms with Gasteiger partial charge in [-0.1, -0.05) is 35.9 Å². The van der Waals surface area contributed by atoms with E-state index in [0.717, 1.165) is 37.7 Å². The summed E-state index contributed by atoms with van der Waals surface area (Å²) in [4.78, 5) is 21.6. The van der Waals surface area contributed by atoms with E-state index in [4.69, 9.17) is 11.6 Å². The lowest BCUT2D eigenvalue weighted by Gasteiger charge is -2.06. The van der Waals surface area contributed by atoms with Crippen LogP contribution >= 0.6 is 34.3 Å². The van der Waals surface area contributed by atoms with Gasteiger partial charge >= 0.3 is 0 Å². The zero-order chi connectivity index (χ0) is 21.9. The molecule has 158 valence electrons. The second kappa shape index (κ2) is 9.08. The number of thiazole rings is 2. The van der Waals surface area contributed by atoms with Crippen molar-refractivity contribution in [2.24, 2.45) is 0 Å². The Morgan fingerprint density at radius 3 is 2.44 bits per heavy atom. The molecule has 2 heterocycles. The van der Waals surface area contributed by atoms with Crippen LogP contribution in [0.5, 0.6) is 0 Å². The van der Waals surface area contributed by atoms with Crippen LogP contribution in [0.4, 0.5) is 10.8 Å². The second-order valence-corrected chi connectivity index (χ2v) is 9.34. The fourth-order valence-electron chi connectivity index (χ4n) is 3.16. The summed E-state index contributed by atoms with van der Waals surface area (Å²) in [7, 11) is 0. The molecule has 0 bridgehead atoms. The molecule has 5 nitrogen and oxygen atoms in total. The first kappa shape index (κ1) is 20.6. The van der Waals surface area contributed by atoms with Gasteiger partial charge in [0.2, 0.25) is 5.91 Å². The molecule has 3 aromatic carbocycles. The molecule has 0 aliphatic rings. The third-order valence-corrected chi connectivity index (χ3v) is 6.89. The Hall–Kier alpha value is -3.26. The molecule has 2 N–H and O–H groups in total. The average molecular weight is 477 g/mol. The number of rotatable bonds is 6. The predicted octanol–water partition coefficient (Wildman–Crippen LogP) is 6.79. The second-order valence-electron chi connectivity index (χ2n) is 7.01. The molecule has 0 saturated heterocycles. The number of halogens is 1. The maximum Gasteiger partial charge on any atom is 0.243 e. The summed E-state index contributed by atoms with van der Waals surface area (Å²) >= 11 is 9.05. The van der Waals surface area contributed by atoms with E-state index >= 15 is 0 Å². The normalized spacial score (nSPS) is 10.9. The Morgan fingerprint density at radius 1 is 0.906 bits per heavy atom. The van der Waals surface area contributed by atoms with Crippen LogP contribution < -0.4 is 10.6 Å². The Bertz CT molecular complexity index is 1340. The first-order valence-electron chi connectivity index (χ1n) is 9.85. The standard InChI is InChI=1S/C24H17ClN4OS2/c25-17-9-5-15(6-10-17)20-14-31-24(29-20)26-13-22(30)27-18-11-7-16(8-12-18)23-28-19-3-1-2-4-21(19)32-23/h1-12,14H,13H2,(H,26,29)(H,27,30). The van der Waals surface area contributed by atoms with Gasteiger partial charge in [-0.2, -0.15) is 0 Å². The molecule has 0 atom stereocenters. The molecule has 8 heteroatoms. The Morgan fingerprint density at radius 2 is 1.66 bits per heavy atom. The van der Waals surface area contributed by atoms with Crippen LogP contribution in [0.1, 0.15) is 0 Å². The molecule has 0 spiro atoms. The number of aromatic nitrogens is 2. The van der Waals surface area contributed by atoms with Gasteiger partial charge < -0.3 is 10.6 Å². The van der Waals surface area contributed by atoms with Crippen LogP contribution in [0.3, 0.4) is 0 Å². The van der Waals surface area contributed by atoms with Gasteiger partial charge in [0.05, 0.1) is 22.5 Å². The minimum Gasteiger partial charge on any atom is -0.352 e. The molecule has 0 fully saturated rings. The number of carbonyl (C=O) groups is 1. The van der Waals surface area contributed by atoms with Crippen LogP contribution in [0.15, 0.2) is 78.2 Å². The zero-order valence-corrected chi connectivity index (χ0v) is 19.1. The first-order valence-corrected chi connectivity index (χ1v) is 11.9. The Kier molecular flexibility index (Phi) is 5.85. The van der Waals surface area contributed by atoms with Crippen molar-refractivity contribution in [3.8, 4) is 21.8 Å². The lowest BCUT2D eigenvalue weighted by Crippen LogP contribution is -2.21. The number of hydrogen-bond donors (Lipinski definition) is 2. The van der Waals surface area contributed by atoms with Crippen LogP contribution in [-0.4, -0.2) is 22.4 Å². The summed E-state index contributed by atoms with van der Waals surface area (Å²) in [5, 5.41) is 10.3. The molecule has 0 unspecified atom stereocenters. The van der Waals surface area contributed by atoms with Crippen molar-refractivity contribution in [2.75, 3.05) is 17.2 Å². The van der Waals surface area contributed by atoms with E-state index in [9.17, 15) is 4.79 Å². The molecule has 32 heavy (non-hydrogen) atoms. The van der Waals surface area contributed by atoms with E-state index in [1.807, 2.05) is 72.1 Å². The molecule has 0 radical (unpaired) electrons. The number of amides is 1. The molecule has 0 aliphatic carbocycles. The number of nitrogens with one attached hydrogen (secondary N) is 2. The SMILES string of the molecule is O=C(CNc1nc(-c2ccc(Cl)cc2)cs1)Nc1ccc(-c2nc3ccccc3s2)cc1. The highest BCUT2D eigenvalue weighted by Crippen LogP contribution is 2.30. The Balaban J connectivity index is 1.18. The van der Waals surface area contributed by atoms with Crippen LogP contribution in [0.25, 0.3) is 32.0 Å². The van der Waals surface area contributed by atoms with E-state index in [0.29, 0.717) is 10.2 Å². The topological polar surface area (TPSA) is 66.9 Å². The van der Waals surface area contributed by atoms with Crippen LogP contribution in [-0.2, 0) is 4.79 Å². The number of para-hydroxylation sites is 1. The van der Waals surface area contributed by atoms with Crippen molar-refractivity contribution >= 4 is 61.2 Å². The predicted molar refractivity (Wildman–Crippen MR) is 135 cm³/mol. The van der Waals surface area contributed by atoms with E-state index in [2.05, 4.69) is 26.7 Å². The van der Waals surface area contributed by atoms with Gasteiger partial charge in [-0.15, -0.1) is 22.7 Å². The largest absolute Gasteiger partial charge is 0.352 e. The fraction of sp³-hybridized carbons (Fsp3) is 0.0417. The summed E-state index contributed by atoms with van der Waals surface area (Å²) in [6, 6.07) is 23.3. The summed E-state index contributed by atoms with van der Waals surface area (Å²) in [6.07, 6.45) is 0. The van der Waals surface area contributed by atoms with Crippen molar-refractivity contribution in [3.05, 3.63) is 83.2 Å². The summed E-state index contributed by atoms with van der Waals surface area (Å²) in [6.45, 7) is 0.132. The van der Waals surface area contributed by atoms with Crippen LogP contribution in [0, 0.1) is 0 Å². The van der Waals surface area contributed by atoms with Gasteiger partial charge in [-0.25, -0.2) is 9.97 Å². The number of fused-ring (bicyclic) bond motifs is 1. The minimum absolute atomic E-state index is 0.132. The number of anilines is 2. The van der Waals surface area contributed by atoms with Crippen molar-refractivity contribution in [2.45, 2.75) is 0 Å². The highest BCUT2D eigenvalue weighted by atomic mass is 35.5. The third kappa shape index (κ3) is 4.65. The number of carbonyl (C=O) groups excluding carboxylic acids is 1. The van der Waals surface area contributed by atoms with Gasteiger partial charge in [-0.3, -0.25) is 4.79 Å². The van der Waals surface area contributed by atoms with Crippen molar-refractivity contribution in [3.63, 3.8) is 0 Å². The molecule has 0 aliphatic heterocycles. The molecule has 5 aromatic rings. The van der Waals surface area contributed by atoms with Crippen molar-refractivity contribution in [1.82, 2.24) is 9.97 Å². The quantitative estimate of drug-likeness (QED) is 0.283. The third-order valence-electron chi connectivity index (χ3n) is 4.75. The summed E-state index contributed by atoms with van der Waals surface area (Å²) in [5.74, 6) is -0.138. The van der Waals surface area contributed by atoms with Crippen LogP contribution in [0.2, 0.25) is 5.02 Å². The van der Waals surface area contributed by atoms with Gasteiger partial charge in [-0.05, 0) is 48.5 Å². The Labute approximate surface area is 197 Å². The summed E-state index contributed by atoms with van der Waals surface area (Å²) < 4.78 is 1.16. The van der Waals surface area contributed by atoms with Gasteiger partial charge in [0.1, 0.15) is 5.01 Å². The molecule has 5 rings (SSSR count). The van der Waals surface area contributed by atoms with E-state index in [1.54, 1.807) is 11.3 Å². The molecule has 0 saturated carbocycles. The average Bonchev–Trinajstić information content (AvgIpc) is 3.46. The molecule has 2 aromatic heterocycles. The maximum absolute atomic E-state index is 12.4. The zero-order valence-electron chi connectivity index (χ0n) is 16.7. The number of nitrogens with zero attached hydrogens (tertiary/aromatic N) is 2. The highest BCUT2D eigenvalue weighted by molar-refractivity contribution is 7.21. The number of benzene rings is 3. The van der Waals surface area contributed by atoms with Crippen molar-refractivity contribution in [1.29, 1.82) is 0 Å².